The molecule has 1 N–H and O–H groups in total. The van der Waals surface area contributed by atoms with Gasteiger partial charge in [-0.25, -0.2) is 8.78 Å². The summed E-state index contributed by atoms with van der Waals surface area (Å²) in [5.74, 6) is -0.221. The van der Waals surface area contributed by atoms with E-state index in [0.717, 1.165) is 12.1 Å². The highest BCUT2D eigenvalue weighted by molar-refractivity contribution is 9.10. The average Bonchev–Trinajstić information content (AvgIpc) is 1.99. The Balaban J connectivity index is 3.21. The van der Waals surface area contributed by atoms with Gasteiger partial charge in [0.15, 0.2) is 0 Å². The Morgan fingerprint density at radius 2 is 2.00 bits per heavy atom. The summed E-state index contributed by atoms with van der Waals surface area (Å²) in [5, 5.41) is 9.01. The van der Waals surface area contributed by atoms with Crippen LogP contribution in [0.5, 0.6) is 5.75 Å². The van der Waals surface area contributed by atoms with Gasteiger partial charge in [0.25, 0.3) is 6.43 Å². The van der Waals surface area contributed by atoms with Gasteiger partial charge in [0.1, 0.15) is 5.75 Å². The van der Waals surface area contributed by atoms with Crippen LogP contribution in [0.25, 0.3) is 0 Å². The summed E-state index contributed by atoms with van der Waals surface area (Å²) in [7, 11) is 0. The maximum absolute atomic E-state index is 12.1. The van der Waals surface area contributed by atoms with E-state index >= 15 is 0 Å². The van der Waals surface area contributed by atoms with Crippen molar-refractivity contribution in [3.63, 3.8) is 0 Å². The topological polar surface area (TPSA) is 20.2 Å². The Morgan fingerprint density at radius 3 is 2.42 bits per heavy atom. The van der Waals surface area contributed by atoms with Gasteiger partial charge in [-0.05, 0) is 28.1 Å². The van der Waals surface area contributed by atoms with Crippen LogP contribution in [-0.2, 0) is 0 Å². The van der Waals surface area contributed by atoms with Gasteiger partial charge in [-0.3, -0.25) is 0 Å². The molecule has 1 nitrogen and oxygen atoms in total. The van der Waals surface area contributed by atoms with Crippen LogP contribution in [0.4, 0.5) is 8.78 Å². The minimum Gasteiger partial charge on any atom is -0.505 e. The first kappa shape index (κ1) is 9.74. The highest BCUT2D eigenvalue weighted by atomic mass is 79.9. The van der Waals surface area contributed by atoms with Crippen LogP contribution < -0.4 is 0 Å². The lowest BCUT2D eigenvalue weighted by atomic mass is 10.2. The SMILES string of the molecule is Oc1c(Cl)cc(C(F)F)cc1Br. The van der Waals surface area contributed by atoms with Crippen LogP contribution in [0.15, 0.2) is 16.6 Å². The molecule has 0 spiro atoms. The molecule has 0 bridgehead atoms. The number of hydrogen-bond donors (Lipinski definition) is 1. The van der Waals surface area contributed by atoms with E-state index in [0.29, 0.717) is 0 Å². The van der Waals surface area contributed by atoms with E-state index in [1.165, 1.54) is 0 Å². The number of benzene rings is 1. The number of hydrogen-bond acceptors (Lipinski definition) is 1. The van der Waals surface area contributed by atoms with E-state index in [-0.39, 0.29) is 20.8 Å². The number of rotatable bonds is 1. The normalized spacial score (nSPS) is 10.8. The van der Waals surface area contributed by atoms with Crippen LogP contribution in [0.3, 0.4) is 0 Å². The average molecular weight is 257 g/mol. The molecule has 5 heteroatoms. The molecule has 0 fully saturated rings. The largest absolute Gasteiger partial charge is 0.505 e. The first-order valence-electron chi connectivity index (χ1n) is 2.98. The highest BCUT2D eigenvalue weighted by Crippen LogP contribution is 2.35. The third-order valence-electron chi connectivity index (χ3n) is 1.29. The van der Waals surface area contributed by atoms with Gasteiger partial charge < -0.3 is 5.11 Å². The Bertz CT molecular complexity index is 280. The second-order valence-corrected chi connectivity index (χ2v) is 3.40. The fraction of sp³-hybridized carbons (Fsp3) is 0.143. The third-order valence-corrected chi connectivity index (χ3v) is 2.18. The van der Waals surface area contributed by atoms with Crippen LogP contribution in [0.2, 0.25) is 5.02 Å². The molecule has 0 aliphatic heterocycles. The van der Waals surface area contributed by atoms with E-state index in [9.17, 15) is 8.78 Å². The lowest BCUT2D eigenvalue weighted by Crippen LogP contribution is -1.84. The summed E-state index contributed by atoms with van der Waals surface area (Å²) in [6, 6.07) is 2.16. The summed E-state index contributed by atoms with van der Waals surface area (Å²) in [4.78, 5) is 0. The first-order chi connectivity index (χ1) is 5.52. The molecular weight excluding hydrogens is 253 g/mol. The molecule has 0 aromatic heterocycles. The molecule has 1 rings (SSSR count). The second kappa shape index (κ2) is 3.58. The van der Waals surface area contributed by atoms with Gasteiger partial charge in [0.2, 0.25) is 0 Å². The maximum Gasteiger partial charge on any atom is 0.263 e. The van der Waals surface area contributed by atoms with Crippen molar-refractivity contribution >= 4 is 27.5 Å². The molecule has 1 aromatic rings. The summed E-state index contributed by atoms with van der Waals surface area (Å²) in [5.41, 5.74) is -0.218. The van der Waals surface area contributed by atoms with Gasteiger partial charge in [0, 0.05) is 5.56 Å². The van der Waals surface area contributed by atoms with E-state index in [1.807, 2.05) is 0 Å². The summed E-state index contributed by atoms with van der Waals surface area (Å²) >= 11 is 8.35. The van der Waals surface area contributed by atoms with Crippen molar-refractivity contribution in [1.82, 2.24) is 0 Å². The molecule has 0 unspecified atom stereocenters. The minimum atomic E-state index is -2.58. The molecule has 0 radical (unpaired) electrons. The Morgan fingerprint density at radius 1 is 1.42 bits per heavy atom. The number of alkyl halides is 2. The number of phenols is 1. The van der Waals surface area contributed by atoms with Crippen LogP contribution in [0, 0.1) is 0 Å². The third kappa shape index (κ3) is 1.87. The molecule has 0 heterocycles. The molecular formula is C7H4BrClF2O. The smallest absolute Gasteiger partial charge is 0.263 e. The van der Waals surface area contributed by atoms with Crippen LogP contribution in [-0.4, -0.2) is 5.11 Å². The fourth-order valence-electron chi connectivity index (χ4n) is 0.711. The number of aromatic hydroxyl groups is 1. The molecule has 12 heavy (non-hydrogen) atoms. The molecule has 0 saturated heterocycles. The standard InChI is InChI=1S/C7H4BrClF2O/c8-4-1-3(7(10)11)2-5(9)6(4)12/h1-2,7,12H. The quantitative estimate of drug-likeness (QED) is 0.812. The fourth-order valence-corrected chi connectivity index (χ4v) is 1.53. The molecule has 0 aliphatic carbocycles. The van der Waals surface area contributed by atoms with Crippen molar-refractivity contribution in [3.05, 3.63) is 27.2 Å². The predicted octanol–water partition coefficient (Wildman–Crippen LogP) is 3.75. The zero-order valence-corrected chi connectivity index (χ0v) is 8.03. The molecule has 1 aromatic carbocycles. The van der Waals surface area contributed by atoms with Crippen molar-refractivity contribution < 1.29 is 13.9 Å². The van der Waals surface area contributed by atoms with Crippen LogP contribution >= 0.6 is 27.5 Å². The lowest BCUT2D eigenvalue weighted by molar-refractivity contribution is 0.151. The van der Waals surface area contributed by atoms with Crippen molar-refractivity contribution in [2.24, 2.45) is 0 Å². The van der Waals surface area contributed by atoms with Gasteiger partial charge in [-0.2, -0.15) is 0 Å². The molecule has 0 atom stereocenters. The summed E-state index contributed by atoms with van der Waals surface area (Å²) in [6.45, 7) is 0. The Labute approximate surface area is 81.1 Å². The molecule has 0 saturated carbocycles. The number of phenolic OH excluding ortho intramolecular Hbond substituents is 1. The van der Waals surface area contributed by atoms with Gasteiger partial charge in [-0.1, -0.05) is 11.6 Å². The molecule has 0 amide bonds. The number of halogens is 4. The summed E-state index contributed by atoms with van der Waals surface area (Å²) < 4.78 is 24.4. The zero-order valence-electron chi connectivity index (χ0n) is 5.69. The molecule has 0 aliphatic rings. The zero-order chi connectivity index (χ0) is 9.30. The van der Waals surface area contributed by atoms with Crippen molar-refractivity contribution in [3.8, 4) is 5.75 Å². The van der Waals surface area contributed by atoms with Crippen molar-refractivity contribution in [2.45, 2.75) is 6.43 Å². The first-order valence-corrected chi connectivity index (χ1v) is 4.15. The van der Waals surface area contributed by atoms with Crippen LogP contribution in [0.1, 0.15) is 12.0 Å². The second-order valence-electron chi connectivity index (χ2n) is 2.13. The monoisotopic (exact) mass is 256 g/mol. The maximum atomic E-state index is 12.1. The minimum absolute atomic E-state index is 0.0836. The van der Waals surface area contributed by atoms with Gasteiger partial charge in [-0.15, -0.1) is 0 Å². The van der Waals surface area contributed by atoms with Crippen molar-refractivity contribution in [2.75, 3.05) is 0 Å². The predicted molar refractivity (Wildman–Crippen MR) is 45.8 cm³/mol. The van der Waals surface area contributed by atoms with Gasteiger partial charge in [0.05, 0.1) is 9.50 Å². The Hall–Kier alpha value is -0.350. The highest BCUT2D eigenvalue weighted by Gasteiger charge is 2.12. The van der Waals surface area contributed by atoms with E-state index in [1.54, 1.807) is 0 Å². The van der Waals surface area contributed by atoms with Gasteiger partial charge >= 0.3 is 0 Å². The van der Waals surface area contributed by atoms with E-state index in [2.05, 4.69) is 15.9 Å². The van der Waals surface area contributed by atoms with E-state index < -0.39 is 6.43 Å². The summed E-state index contributed by atoms with van der Waals surface area (Å²) in [6.07, 6.45) is -2.58. The van der Waals surface area contributed by atoms with E-state index in [4.69, 9.17) is 16.7 Å². The van der Waals surface area contributed by atoms with Crippen molar-refractivity contribution in [1.29, 1.82) is 0 Å². The molecule has 66 valence electrons. The lowest BCUT2D eigenvalue weighted by Gasteiger charge is -2.03. The Kier molecular flexibility index (Phi) is 2.90.